The Kier molecular flexibility index (Phi) is 4.57. The molecule has 4 nitrogen and oxygen atoms in total. The van der Waals surface area contributed by atoms with Crippen LogP contribution >= 0.6 is 0 Å². The van der Waals surface area contributed by atoms with Crippen LogP contribution in [0.15, 0.2) is 30.3 Å². The summed E-state index contributed by atoms with van der Waals surface area (Å²) in [5.74, 6) is 0. The molecule has 0 saturated carbocycles. The van der Waals surface area contributed by atoms with Crippen LogP contribution in [0.4, 0.5) is 5.69 Å². The smallest absolute Gasteiger partial charge is 0.0813 e. The first-order valence-corrected chi connectivity index (χ1v) is 6.83. The number of fused-ring (bicyclic) bond motifs is 1. The summed E-state index contributed by atoms with van der Waals surface area (Å²) in [6.07, 6.45) is 0.596. The fourth-order valence-corrected chi connectivity index (χ4v) is 2.15. The van der Waals surface area contributed by atoms with Crippen LogP contribution in [0.1, 0.15) is 19.0 Å². The fourth-order valence-electron chi connectivity index (χ4n) is 2.15. The van der Waals surface area contributed by atoms with Crippen molar-refractivity contribution in [3.63, 3.8) is 0 Å². The summed E-state index contributed by atoms with van der Waals surface area (Å²) >= 11 is 0. The van der Waals surface area contributed by atoms with E-state index in [1.54, 1.807) is 7.11 Å². The first-order chi connectivity index (χ1) is 9.52. The molecule has 1 aromatic heterocycles. The van der Waals surface area contributed by atoms with Crippen molar-refractivity contribution in [2.24, 2.45) is 0 Å². The van der Waals surface area contributed by atoms with Crippen molar-refractivity contribution in [3.8, 4) is 0 Å². The monoisotopic (exact) mass is 274 g/mol. The topological polar surface area (TPSA) is 54.4 Å². The van der Waals surface area contributed by atoms with Crippen LogP contribution in [-0.4, -0.2) is 36.0 Å². The Balaban J connectivity index is 2.17. The van der Waals surface area contributed by atoms with E-state index in [-0.39, 0.29) is 0 Å². The standard InChI is InChI=1S/C16H22N2O2/c1-12-10-15(13-6-4-5-7-14(13)18-12)17-11-16(2,19)8-9-20-3/h4-7,10,19H,8-9,11H2,1-3H3,(H,17,18). The van der Waals surface area contributed by atoms with E-state index in [1.165, 1.54) is 0 Å². The summed E-state index contributed by atoms with van der Waals surface area (Å²) in [6.45, 7) is 4.81. The van der Waals surface area contributed by atoms with E-state index < -0.39 is 5.60 Å². The summed E-state index contributed by atoms with van der Waals surface area (Å²) in [7, 11) is 1.64. The van der Waals surface area contributed by atoms with Crippen molar-refractivity contribution in [1.29, 1.82) is 0 Å². The highest BCUT2D eigenvalue weighted by Crippen LogP contribution is 2.23. The predicted molar refractivity (Wildman–Crippen MR) is 82.1 cm³/mol. The number of ether oxygens (including phenoxy) is 1. The van der Waals surface area contributed by atoms with Crippen molar-refractivity contribution >= 4 is 16.6 Å². The Hall–Kier alpha value is -1.65. The number of aryl methyl sites for hydroxylation is 1. The van der Waals surface area contributed by atoms with Crippen LogP contribution in [0.3, 0.4) is 0 Å². The predicted octanol–water partition coefficient (Wildman–Crippen LogP) is 2.74. The second kappa shape index (κ2) is 6.20. The van der Waals surface area contributed by atoms with Crippen molar-refractivity contribution in [1.82, 2.24) is 4.98 Å². The van der Waals surface area contributed by atoms with E-state index in [0.29, 0.717) is 19.6 Å². The molecule has 2 aromatic rings. The zero-order valence-electron chi connectivity index (χ0n) is 12.3. The van der Waals surface area contributed by atoms with Gasteiger partial charge in [-0.1, -0.05) is 18.2 Å². The third kappa shape index (κ3) is 3.68. The Bertz CT molecular complexity index is 582. The molecule has 0 bridgehead atoms. The lowest BCUT2D eigenvalue weighted by atomic mass is 10.0. The average Bonchev–Trinajstić information content (AvgIpc) is 2.42. The molecule has 0 spiro atoms. The zero-order valence-corrected chi connectivity index (χ0v) is 12.3. The molecule has 0 saturated heterocycles. The molecule has 1 unspecified atom stereocenters. The molecular formula is C16H22N2O2. The summed E-state index contributed by atoms with van der Waals surface area (Å²) < 4.78 is 5.02. The highest BCUT2D eigenvalue weighted by molar-refractivity contribution is 5.91. The number of aliphatic hydroxyl groups is 1. The van der Waals surface area contributed by atoms with Crippen molar-refractivity contribution in [2.75, 3.05) is 25.6 Å². The van der Waals surface area contributed by atoms with E-state index in [4.69, 9.17) is 4.74 Å². The minimum atomic E-state index is -0.797. The van der Waals surface area contributed by atoms with Gasteiger partial charge in [-0.2, -0.15) is 0 Å². The summed E-state index contributed by atoms with van der Waals surface area (Å²) in [6, 6.07) is 10.0. The Morgan fingerprint density at radius 3 is 2.85 bits per heavy atom. The molecule has 1 aromatic carbocycles. The second-order valence-electron chi connectivity index (χ2n) is 5.42. The number of aromatic nitrogens is 1. The summed E-state index contributed by atoms with van der Waals surface area (Å²) in [5, 5.41) is 14.7. The van der Waals surface area contributed by atoms with Gasteiger partial charge in [0.25, 0.3) is 0 Å². The van der Waals surface area contributed by atoms with Crippen LogP contribution in [0.5, 0.6) is 0 Å². The number of para-hydroxylation sites is 1. The second-order valence-corrected chi connectivity index (χ2v) is 5.42. The van der Waals surface area contributed by atoms with Gasteiger partial charge in [0.2, 0.25) is 0 Å². The lowest BCUT2D eigenvalue weighted by molar-refractivity contribution is 0.0358. The molecule has 108 valence electrons. The maximum atomic E-state index is 10.3. The molecule has 1 atom stereocenters. The van der Waals surface area contributed by atoms with Crippen LogP contribution in [0, 0.1) is 6.92 Å². The fraction of sp³-hybridized carbons (Fsp3) is 0.438. The van der Waals surface area contributed by atoms with Crippen LogP contribution in [0.2, 0.25) is 0 Å². The lowest BCUT2D eigenvalue weighted by Crippen LogP contribution is -2.34. The summed E-state index contributed by atoms with van der Waals surface area (Å²) in [5.41, 5.74) is 2.13. The van der Waals surface area contributed by atoms with Gasteiger partial charge in [-0.3, -0.25) is 4.98 Å². The molecule has 0 fully saturated rings. The quantitative estimate of drug-likeness (QED) is 0.850. The molecule has 0 radical (unpaired) electrons. The van der Waals surface area contributed by atoms with Gasteiger partial charge in [-0.25, -0.2) is 0 Å². The minimum Gasteiger partial charge on any atom is -0.388 e. The van der Waals surface area contributed by atoms with Gasteiger partial charge in [0, 0.05) is 43.4 Å². The number of pyridine rings is 1. The number of anilines is 1. The molecule has 0 amide bonds. The SMILES string of the molecule is COCCC(C)(O)CNc1cc(C)nc2ccccc12. The molecule has 4 heteroatoms. The third-order valence-electron chi connectivity index (χ3n) is 3.35. The number of benzene rings is 1. The van der Waals surface area contributed by atoms with Crippen molar-refractivity contribution in [2.45, 2.75) is 25.9 Å². The molecule has 1 heterocycles. The first kappa shape index (κ1) is 14.8. The Labute approximate surface area is 119 Å². The Morgan fingerprint density at radius 1 is 1.35 bits per heavy atom. The molecule has 2 N–H and O–H groups in total. The number of methoxy groups -OCH3 is 1. The van der Waals surface area contributed by atoms with Gasteiger partial charge in [-0.15, -0.1) is 0 Å². The molecule has 20 heavy (non-hydrogen) atoms. The molecule has 0 aliphatic carbocycles. The van der Waals surface area contributed by atoms with E-state index in [1.807, 2.05) is 44.2 Å². The maximum absolute atomic E-state index is 10.3. The van der Waals surface area contributed by atoms with Crippen LogP contribution in [-0.2, 0) is 4.74 Å². The molecule has 0 aliphatic heterocycles. The van der Waals surface area contributed by atoms with E-state index in [2.05, 4.69) is 10.3 Å². The Morgan fingerprint density at radius 2 is 2.10 bits per heavy atom. The van der Waals surface area contributed by atoms with Gasteiger partial charge in [0.15, 0.2) is 0 Å². The zero-order chi connectivity index (χ0) is 14.6. The van der Waals surface area contributed by atoms with Crippen LogP contribution < -0.4 is 5.32 Å². The molecule has 2 rings (SSSR count). The van der Waals surface area contributed by atoms with Crippen molar-refractivity contribution in [3.05, 3.63) is 36.0 Å². The number of rotatable bonds is 6. The molecular weight excluding hydrogens is 252 g/mol. The van der Waals surface area contributed by atoms with E-state index in [9.17, 15) is 5.11 Å². The van der Waals surface area contributed by atoms with Gasteiger partial charge < -0.3 is 15.2 Å². The number of nitrogens with zero attached hydrogens (tertiary/aromatic N) is 1. The third-order valence-corrected chi connectivity index (χ3v) is 3.35. The highest BCUT2D eigenvalue weighted by atomic mass is 16.5. The lowest BCUT2D eigenvalue weighted by Gasteiger charge is -2.24. The largest absolute Gasteiger partial charge is 0.388 e. The highest BCUT2D eigenvalue weighted by Gasteiger charge is 2.20. The van der Waals surface area contributed by atoms with E-state index >= 15 is 0 Å². The van der Waals surface area contributed by atoms with Crippen molar-refractivity contribution < 1.29 is 9.84 Å². The molecule has 0 aliphatic rings. The summed E-state index contributed by atoms with van der Waals surface area (Å²) in [4.78, 5) is 4.51. The first-order valence-electron chi connectivity index (χ1n) is 6.83. The number of nitrogens with one attached hydrogen (secondary N) is 1. The average molecular weight is 274 g/mol. The normalized spacial score (nSPS) is 14.2. The maximum Gasteiger partial charge on any atom is 0.0813 e. The number of hydrogen-bond acceptors (Lipinski definition) is 4. The van der Waals surface area contributed by atoms with E-state index in [0.717, 1.165) is 22.3 Å². The number of hydrogen-bond donors (Lipinski definition) is 2. The van der Waals surface area contributed by atoms with Gasteiger partial charge >= 0.3 is 0 Å². The minimum absolute atomic E-state index is 0.476. The van der Waals surface area contributed by atoms with Crippen LogP contribution in [0.25, 0.3) is 10.9 Å². The van der Waals surface area contributed by atoms with Gasteiger partial charge in [0.1, 0.15) is 0 Å². The van der Waals surface area contributed by atoms with Gasteiger partial charge in [0.05, 0.1) is 11.1 Å². The van der Waals surface area contributed by atoms with Gasteiger partial charge in [-0.05, 0) is 26.0 Å².